The Hall–Kier alpha value is -3.41. The van der Waals surface area contributed by atoms with E-state index in [4.69, 9.17) is 19.1 Å². The quantitative estimate of drug-likeness (QED) is 0.0153. The Labute approximate surface area is 361 Å². The van der Waals surface area contributed by atoms with Crippen LogP contribution in [0.15, 0.2) is 109 Å². The number of hydrogen-bond acceptors (Lipinski definition) is 10. The first-order valence-corrected chi connectivity index (χ1v) is 23.4. The van der Waals surface area contributed by atoms with Crippen LogP contribution in [0, 0.1) is 0 Å². The predicted octanol–water partition coefficient (Wildman–Crippen LogP) is 10.7. The SMILES string of the molecule is CC/C=C\CC(O)/C=C/C=C/C/C=C\C/C=C\C/C=C\CCC(=O)OC[C@H](COP(=O)(O)OC[C@@H](O)CO)OC(=O)CCCCCC/C=C\C/C=C\C/C=C\CCCCC. The fraction of sp³-hybridized carbons (Fsp3) is 0.583. The smallest absolute Gasteiger partial charge is 0.462 e. The Kier molecular flexibility index (Phi) is 39.9. The van der Waals surface area contributed by atoms with Gasteiger partial charge in [-0.1, -0.05) is 149 Å². The van der Waals surface area contributed by atoms with Gasteiger partial charge in [-0.2, -0.15) is 0 Å². The Morgan fingerprint density at radius 3 is 1.73 bits per heavy atom. The summed E-state index contributed by atoms with van der Waals surface area (Å²) in [4.78, 5) is 35.0. The summed E-state index contributed by atoms with van der Waals surface area (Å²) < 4.78 is 32.6. The molecule has 0 saturated carbocycles. The van der Waals surface area contributed by atoms with Crippen molar-refractivity contribution in [1.82, 2.24) is 0 Å². The lowest BCUT2D eigenvalue weighted by Crippen LogP contribution is -2.29. The van der Waals surface area contributed by atoms with Crippen molar-refractivity contribution >= 4 is 19.8 Å². The summed E-state index contributed by atoms with van der Waals surface area (Å²) in [5.41, 5.74) is 0. The average molecular weight is 861 g/mol. The molecule has 0 spiro atoms. The Morgan fingerprint density at radius 1 is 0.583 bits per heavy atom. The molecule has 0 aliphatic rings. The summed E-state index contributed by atoms with van der Waals surface area (Å²) in [6.45, 7) is 1.99. The fourth-order valence-electron chi connectivity index (χ4n) is 5.11. The Bertz CT molecular complexity index is 1380. The van der Waals surface area contributed by atoms with Gasteiger partial charge in [-0.3, -0.25) is 18.6 Å². The van der Waals surface area contributed by atoms with Gasteiger partial charge in [0, 0.05) is 12.8 Å². The summed E-state index contributed by atoms with van der Waals surface area (Å²) >= 11 is 0. The summed E-state index contributed by atoms with van der Waals surface area (Å²) in [7, 11) is -4.66. The third-order valence-corrected chi connectivity index (χ3v) is 9.46. The number of unbranched alkanes of at least 4 members (excludes halogenated alkanes) is 7. The van der Waals surface area contributed by atoms with Crippen LogP contribution >= 0.6 is 7.82 Å². The molecule has 0 heterocycles. The molecule has 60 heavy (non-hydrogen) atoms. The van der Waals surface area contributed by atoms with Gasteiger partial charge in [0.2, 0.25) is 0 Å². The molecule has 0 radical (unpaired) electrons. The van der Waals surface area contributed by atoms with E-state index in [2.05, 4.69) is 73.1 Å². The van der Waals surface area contributed by atoms with Gasteiger partial charge in [0.1, 0.15) is 12.7 Å². The number of hydrogen-bond donors (Lipinski definition) is 4. The lowest BCUT2D eigenvalue weighted by atomic mass is 10.1. The zero-order valence-electron chi connectivity index (χ0n) is 36.5. The van der Waals surface area contributed by atoms with Crippen LogP contribution in [0.1, 0.15) is 136 Å². The Morgan fingerprint density at radius 2 is 1.13 bits per heavy atom. The fourth-order valence-corrected chi connectivity index (χ4v) is 5.90. The number of esters is 2. The summed E-state index contributed by atoms with van der Waals surface area (Å²) in [5, 5.41) is 28.2. The normalized spacial score (nSPS) is 15.4. The maximum absolute atomic E-state index is 12.6. The van der Waals surface area contributed by atoms with Crippen molar-refractivity contribution in [2.75, 3.05) is 26.4 Å². The van der Waals surface area contributed by atoms with Gasteiger partial charge in [-0.05, 0) is 83.5 Å². The highest BCUT2D eigenvalue weighted by Gasteiger charge is 2.27. The molecule has 340 valence electrons. The number of rotatable bonds is 39. The average Bonchev–Trinajstić information content (AvgIpc) is 3.23. The molecular formula is C48H77O11P. The van der Waals surface area contributed by atoms with Crippen molar-refractivity contribution in [2.24, 2.45) is 0 Å². The van der Waals surface area contributed by atoms with Crippen LogP contribution in [0.25, 0.3) is 0 Å². The molecule has 4 atom stereocenters. The first-order chi connectivity index (χ1) is 29.1. The molecule has 4 N–H and O–H groups in total. The molecule has 0 saturated heterocycles. The van der Waals surface area contributed by atoms with E-state index in [-0.39, 0.29) is 19.4 Å². The molecule has 0 rings (SSSR count). The molecule has 0 aromatic carbocycles. The van der Waals surface area contributed by atoms with Gasteiger partial charge in [0.15, 0.2) is 6.10 Å². The van der Waals surface area contributed by atoms with Gasteiger partial charge in [0.05, 0.1) is 25.9 Å². The van der Waals surface area contributed by atoms with E-state index < -0.39 is 57.9 Å². The van der Waals surface area contributed by atoms with Gasteiger partial charge in [-0.15, -0.1) is 0 Å². The number of ether oxygens (including phenoxy) is 2. The van der Waals surface area contributed by atoms with E-state index in [1.165, 1.54) is 19.3 Å². The van der Waals surface area contributed by atoms with Gasteiger partial charge in [-0.25, -0.2) is 4.57 Å². The monoisotopic (exact) mass is 861 g/mol. The molecule has 12 heteroatoms. The second-order valence-electron chi connectivity index (χ2n) is 14.2. The highest BCUT2D eigenvalue weighted by atomic mass is 31.2. The highest BCUT2D eigenvalue weighted by Crippen LogP contribution is 2.43. The minimum absolute atomic E-state index is 0.0887. The number of allylic oxidation sites excluding steroid dienone is 16. The number of aliphatic hydroxyl groups excluding tert-OH is 3. The number of phosphoric ester groups is 1. The standard InChI is InChI=1S/C48H77O11P/c1-3-5-7-8-9-10-11-12-13-14-15-18-22-25-28-31-35-39-48(53)59-46(43-58-60(54,55)57-41-45(51)40-49)42-56-47(52)38-34-30-27-24-21-19-16-17-20-23-26-29-33-37-44(50)36-32-6-4-2/h6,9-10,12-13,15,17-21,26-27,29-30,32-33,37,44-46,49-51H,3-5,7-8,11,14,16,22-25,28,31,34-36,38-43H2,1-2H3,(H,54,55)/b10-9-,13-12-,18-15-,20-17-,21-19-,29-26+,30-27-,32-6-,37-33+/t44?,45-,46+/m0/s1. The van der Waals surface area contributed by atoms with Crippen LogP contribution in [0.2, 0.25) is 0 Å². The zero-order chi connectivity index (χ0) is 44.2. The minimum Gasteiger partial charge on any atom is -0.462 e. The largest absolute Gasteiger partial charge is 0.472 e. The number of aliphatic hydroxyl groups is 3. The predicted molar refractivity (Wildman–Crippen MR) is 243 cm³/mol. The van der Waals surface area contributed by atoms with Crippen LogP contribution in [0.5, 0.6) is 0 Å². The molecule has 0 aromatic heterocycles. The van der Waals surface area contributed by atoms with Crippen molar-refractivity contribution in [3.8, 4) is 0 Å². The van der Waals surface area contributed by atoms with Crippen LogP contribution < -0.4 is 0 Å². The summed E-state index contributed by atoms with van der Waals surface area (Å²) in [6.07, 6.45) is 49.6. The second kappa shape index (κ2) is 42.3. The molecule has 2 unspecified atom stereocenters. The van der Waals surface area contributed by atoms with Crippen LogP contribution in [-0.4, -0.2) is 76.9 Å². The molecule has 0 amide bonds. The van der Waals surface area contributed by atoms with Crippen molar-refractivity contribution in [3.05, 3.63) is 109 Å². The number of carbonyl (C=O) groups excluding carboxylic acids is 2. The lowest BCUT2D eigenvalue weighted by Gasteiger charge is -2.20. The van der Waals surface area contributed by atoms with Crippen LogP contribution in [-0.2, 0) is 32.7 Å². The van der Waals surface area contributed by atoms with E-state index in [0.717, 1.165) is 64.2 Å². The van der Waals surface area contributed by atoms with Gasteiger partial charge >= 0.3 is 19.8 Å². The van der Waals surface area contributed by atoms with Gasteiger partial charge in [0.25, 0.3) is 0 Å². The lowest BCUT2D eigenvalue weighted by molar-refractivity contribution is -0.161. The molecule has 11 nitrogen and oxygen atoms in total. The third-order valence-electron chi connectivity index (χ3n) is 8.51. The molecule has 0 bridgehead atoms. The maximum Gasteiger partial charge on any atom is 0.472 e. The molecule has 0 aliphatic heterocycles. The first-order valence-electron chi connectivity index (χ1n) is 22.0. The van der Waals surface area contributed by atoms with E-state index in [0.29, 0.717) is 25.7 Å². The summed E-state index contributed by atoms with van der Waals surface area (Å²) in [5.74, 6) is -1.08. The van der Waals surface area contributed by atoms with Crippen molar-refractivity contribution < 1.29 is 52.9 Å². The molecule has 0 fully saturated rings. The summed E-state index contributed by atoms with van der Waals surface area (Å²) in [6, 6.07) is 0. The van der Waals surface area contributed by atoms with Crippen LogP contribution in [0.4, 0.5) is 0 Å². The molecule has 0 aromatic rings. The second-order valence-corrected chi connectivity index (χ2v) is 15.6. The van der Waals surface area contributed by atoms with Crippen LogP contribution in [0.3, 0.4) is 0 Å². The van der Waals surface area contributed by atoms with Crippen molar-refractivity contribution in [2.45, 2.75) is 154 Å². The number of phosphoric acid groups is 1. The first kappa shape index (κ1) is 56.6. The van der Waals surface area contributed by atoms with Crippen molar-refractivity contribution in [1.29, 1.82) is 0 Å². The van der Waals surface area contributed by atoms with E-state index in [1.807, 2.05) is 48.6 Å². The van der Waals surface area contributed by atoms with Crippen molar-refractivity contribution in [3.63, 3.8) is 0 Å². The number of carbonyl (C=O) groups is 2. The van der Waals surface area contributed by atoms with E-state index >= 15 is 0 Å². The zero-order valence-corrected chi connectivity index (χ0v) is 37.4. The van der Waals surface area contributed by atoms with E-state index in [9.17, 15) is 29.3 Å². The van der Waals surface area contributed by atoms with E-state index in [1.54, 1.807) is 6.08 Å². The Balaban J connectivity index is 4.52. The third kappa shape index (κ3) is 41.3. The minimum atomic E-state index is -4.66. The maximum atomic E-state index is 12.6. The molecule has 0 aliphatic carbocycles. The topological polar surface area (TPSA) is 169 Å². The van der Waals surface area contributed by atoms with Gasteiger partial charge < -0.3 is 29.7 Å². The molecular weight excluding hydrogens is 783 g/mol. The highest BCUT2D eigenvalue weighted by molar-refractivity contribution is 7.47.